The Balaban J connectivity index is 1.82. The predicted octanol–water partition coefficient (Wildman–Crippen LogP) is 1.36. The first-order chi connectivity index (χ1) is 10.1. The molecule has 6 heteroatoms. The highest BCUT2D eigenvalue weighted by atomic mass is 16.4. The van der Waals surface area contributed by atoms with E-state index in [1.54, 1.807) is 10.9 Å². The molecule has 1 amide bonds. The number of imidazole rings is 1. The first kappa shape index (κ1) is 13.6. The minimum absolute atomic E-state index is 0.00835. The van der Waals surface area contributed by atoms with Crippen molar-refractivity contribution in [1.29, 1.82) is 0 Å². The Bertz CT molecular complexity index is 694. The molecular weight excluding hydrogens is 270 g/mol. The molecule has 21 heavy (non-hydrogen) atoms. The Kier molecular flexibility index (Phi) is 3.37. The third-order valence-electron chi connectivity index (χ3n) is 4.11. The van der Waals surface area contributed by atoms with Crippen molar-refractivity contribution in [1.82, 2.24) is 14.5 Å². The molecule has 1 aromatic carbocycles. The molecule has 2 atom stereocenters. The van der Waals surface area contributed by atoms with Crippen molar-refractivity contribution in [2.75, 3.05) is 6.54 Å². The fourth-order valence-electron chi connectivity index (χ4n) is 2.98. The molecule has 3 rings (SSSR count). The van der Waals surface area contributed by atoms with E-state index in [1.165, 1.54) is 4.90 Å². The number of carbonyl (C=O) groups excluding carboxylic acids is 1. The second kappa shape index (κ2) is 5.20. The largest absolute Gasteiger partial charge is 0.480 e. The van der Waals surface area contributed by atoms with Gasteiger partial charge >= 0.3 is 5.97 Å². The smallest absolute Gasteiger partial charge is 0.326 e. The van der Waals surface area contributed by atoms with Gasteiger partial charge < -0.3 is 14.6 Å². The molecule has 1 saturated heterocycles. The van der Waals surface area contributed by atoms with Crippen molar-refractivity contribution in [2.45, 2.75) is 25.9 Å². The van der Waals surface area contributed by atoms with Crippen molar-refractivity contribution in [3.05, 3.63) is 30.6 Å². The van der Waals surface area contributed by atoms with Crippen LogP contribution in [-0.2, 0) is 16.1 Å². The van der Waals surface area contributed by atoms with Gasteiger partial charge in [0, 0.05) is 6.54 Å². The number of nitrogens with zero attached hydrogens (tertiary/aromatic N) is 3. The molecule has 2 unspecified atom stereocenters. The van der Waals surface area contributed by atoms with Gasteiger partial charge in [-0.15, -0.1) is 0 Å². The van der Waals surface area contributed by atoms with Gasteiger partial charge in [0.2, 0.25) is 5.91 Å². The molecule has 0 bridgehead atoms. The van der Waals surface area contributed by atoms with Crippen LogP contribution in [0.2, 0.25) is 0 Å². The number of benzene rings is 1. The first-order valence-electron chi connectivity index (χ1n) is 7.00. The minimum atomic E-state index is -0.927. The summed E-state index contributed by atoms with van der Waals surface area (Å²) in [5, 5.41) is 9.29. The van der Waals surface area contributed by atoms with E-state index in [1.807, 2.05) is 31.2 Å². The summed E-state index contributed by atoms with van der Waals surface area (Å²) < 4.78 is 1.76. The molecule has 2 heterocycles. The van der Waals surface area contributed by atoms with Crippen LogP contribution in [0.15, 0.2) is 30.6 Å². The number of carboxylic acid groups (broad SMARTS) is 1. The lowest BCUT2D eigenvalue weighted by molar-refractivity contribution is -0.149. The van der Waals surface area contributed by atoms with Crippen LogP contribution < -0.4 is 0 Å². The zero-order chi connectivity index (χ0) is 15.0. The van der Waals surface area contributed by atoms with E-state index in [4.69, 9.17) is 0 Å². The van der Waals surface area contributed by atoms with E-state index in [9.17, 15) is 14.7 Å². The number of carboxylic acids is 1. The Morgan fingerprint density at radius 3 is 2.90 bits per heavy atom. The summed E-state index contributed by atoms with van der Waals surface area (Å²) >= 11 is 0. The van der Waals surface area contributed by atoms with Gasteiger partial charge in [-0.1, -0.05) is 19.1 Å². The molecule has 1 aromatic heterocycles. The summed E-state index contributed by atoms with van der Waals surface area (Å²) in [4.78, 5) is 29.5. The number of para-hydroxylation sites is 2. The fourth-order valence-corrected chi connectivity index (χ4v) is 2.98. The number of aromatic nitrogens is 2. The summed E-state index contributed by atoms with van der Waals surface area (Å²) in [6.07, 6.45) is 2.35. The first-order valence-corrected chi connectivity index (χ1v) is 7.00. The van der Waals surface area contributed by atoms with Crippen molar-refractivity contribution >= 4 is 22.9 Å². The summed E-state index contributed by atoms with van der Waals surface area (Å²) in [5.74, 6) is -1.11. The van der Waals surface area contributed by atoms with Crippen molar-refractivity contribution in [3.63, 3.8) is 0 Å². The van der Waals surface area contributed by atoms with Crippen LogP contribution in [0.3, 0.4) is 0 Å². The Morgan fingerprint density at radius 1 is 1.38 bits per heavy atom. The number of carbonyl (C=O) groups is 2. The average molecular weight is 287 g/mol. The number of hydrogen-bond acceptors (Lipinski definition) is 3. The number of likely N-dealkylation sites (tertiary alicyclic amines) is 1. The van der Waals surface area contributed by atoms with Crippen LogP contribution in [0.25, 0.3) is 11.0 Å². The Hall–Kier alpha value is -2.37. The Labute approximate surface area is 122 Å². The second-order valence-corrected chi connectivity index (χ2v) is 5.50. The maximum absolute atomic E-state index is 12.4. The molecule has 1 fully saturated rings. The van der Waals surface area contributed by atoms with E-state index in [2.05, 4.69) is 4.98 Å². The number of aliphatic carboxylic acids is 1. The molecule has 110 valence electrons. The van der Waals surface area contributed by atoms with Crippen LogP contribution >= 0.6 is 0 Å². The van der Waals surface area contributed by atoms with Crippen LogP contribution in [0.1, 0.15) is 13.3 Å². The van der Waals surface area contributed by atoms with Crippen LogP contribution in [-0.4, -0.2) is 44.0 Å². The molecule has 1 aliphatic heterocycles. The lowest BCUT2D eigenvalue weighted by atomic mass is 10.0. The maximum atomic E-state index is 12.4. The normalized spacial score (nSPS) is 21.9. The van der Waals surface area contributed by atoms with E-state index in [0.29, 0.717) is 6.54 Å². The fraction of sp³-hybridized carbons (Fsp3) is 0.400. The highest BCUT2D eigenvalue weighted by Gasteiger charge is 2.39. The van der Waals surface area contributed by atoms with Gasteiger partial charge in [-0.05, 0) is 24.5 Å². The van der Waals surface area contributed by atoms with Gasteiger partial charge in [-0.2, -0.15) is 0 Å². The van der Waals surface area contributed by atoms with Gasteiger partial charge in [0.05, 0.1) is 17.4 Å². The van der Waals surface area contributed by atoms with Crippen molar-refractivity contribution in [3.8, 4) is 0 Å². The summed E-state index contributed by atoms with van der Waals surface area (Å²) in [7, 11) is 0. The van der Waals surface area contributed by atoms with E-state index >= 15 is 0 Å². The van der Waals surface area contributed by atoms with Gasteiger partial charge in [-0.3, -0.25) is 4.79 Å². The number of fused-ring (bicyclic) bond motifs is 1. The zero-order valence-electron chi connectivity index (χ0n) is 11.8. The molecule has 0 saturated carbocycles. The van der Waals surface area contributed by atoms with E-state index in [0.717, 1.165) is 17.5 Å². The van der Waals surface area contributed by atoms with Gasteiger partial charge in [0.1, 0.15) is 12.6 Å². The lowest BCUT2D eigenvalue weighted by Crippen LogP contribution is -2.44. The highest BCUT2D eigenvalue weighted by Crippen LogP contribution is 2.24. The van der Waals surface area contributed by atoms with E-state index < -0.39 is 12.0 Å². The Morgan fingerprint density at radius 2 is 2.14 bits per heavy atom. The van der Waals surface area contributed by atoms with E-state index in [-0.39, 0.29) is 18.4 Å². The summed E-state index contributed by atoms with van der Waals surface area (Å²) in [5.41, 5.74) is 1.71. The second-order valence-electron chi connectivity index (χ2n) is 5.50. The molecule has 2 aromatic rings. The van der Waals surface area contributed by atoms with Crippen LogP contribution in [0, 0.1) is 5.92 Å². The van der Waals surface area contributed by atoms with Crippen LogP contribution in [0.5, 0.6) is 0 Å². The number of hydrogen-bond donors (Lipinski definition) is 1. The average Bonchev–Trinajstić information content (AvgIpc) is 3.03. The topological polar surface area (TPSA) is 75.4 Å². The SMILES string of the molecule is CC1CCN(C(=O)Cn2cnc3ccccc32)C1C(=O)O. The molecule has 0 aliphatic carbocycles. The third-order valence-corrected chi connectivity index (χ3v) is 4.11. The van der Waals surface area contributed by atoms with Crippen molar-refractivity contribution < 1.29 is 14.7 Å². The lowest BCUT2D eigenvalue weighted by Gasteiger charge is -2.23. The number of amides is 1. The molecular formula is C15H17N3O3. The molecule has 0 radical (unpaired) electrons. The minimum Gasteiger partial charge on any atom is -0.480 e. The maximum Gasteiger partial charge on any atom is 0.326 e. The van der Waals surface area contributed by atoms with Crippen molar-refractivity contribution in [2.24, 2.45) is 5.92 Å². The molecule has 1 N–H and O–H groups in total. The molecule has 1 aliphatic rings. The predicted molar refractivity (Wildman–Crippen MR) is 76.7 cm³/mol. The van der Waals surface area contributed by atoms with Gasteiger partial charge in [0.15, 0.2) is 0 Å². The van der Waals surface area contributed by atoms with Crippen LogP contribution in [0.4, 0.5) is 0 Å². The molecule has 0 spiro atoms. The summed E-state index contributed by atoms with van der Waals surface area (Å²) in [6, 6.07) is 6.85. The molecule has 6 nitrogen and oxygen atoms in total. The third kappa shape index (κ3) is 2.37. The highest BCUT2D eigenvalue weighted by molar-refractivity contribution is 5.85. The zero-order valence-corrected chi connectivity index (χ0v) is 11.8. The standard InChI is InChI=1S/C15H17N3O3/c1-10-6-7-18(14(10)15(20)21)13(19)8-17-9-16-11-4-2-3-5-12(11)17/h2-5,9-10,14H,6-8H2,1H3,(H,20,21). The summed E-state index contributed by atoms with van der Waals surface area (Å²) in [6.45, 7) is 2.50. The monoisotopic (exact) mass is 287 g/mol. The van der Waals surface area contributed by atoms with Gasteiger partial charge in [0.25, 0.3) is 0 Å². The quantitative estimate of drug-likeness (QED) is 0.924. The number of rotatable bonds is 3. The van der Waals surface area contributed by atoms with Gasteiger partial charge in [-0.25, -0.2) is 9.78 Å².